The summed E-state index contributed by atoms with van der Waals surface area (Å²) < 4.78 is 3.82. The minimum atomic E-state index is -0.650. The van der Waals surface area contributed by atoms with Crippen molar-refractivity contribution in [1.82, 2.24) is 9.36 Å². The van der Waals surface area contributed by atoms with Gasteiger partial charge in [-0.2, -0.15) is 9.36 Å². The van der Waals surface area contributed by atoms with Crippen LogP contribution in [-0.4, -0.2) is 26.6 Å². The van der Waals surface area contributed by atoms with Crippen molar-refractivity contribution in [2.75, 3.05) is 17.6 Å². The first-order valence-electron chi connectivity index (χ1n) is 4.03. The molecule has 0 aliphatic rings. The van der Waals surface area contributed by atoms with E-state index in [-0.39, 0.29) is 5.95 Å². The molecule has 0 bridgehead atoms. The molecule has 0 saturated heterocycles. The number of nitrogens with zero attached hydrogens (tertiary/aromatic N) is 2. The Balaban J connectivity index is 2.28. The Morgan fingerprint density at radius 3 is 2.77 bits per heavy atom. The summed E-state index contributed by atoms with van der Waals surface area (Å²) in [4.78, 5) is 3.92. The zero-order chi connectivity index (χ0) is 9.90. The minimum absolute atomic E-state index is 0.288. The average Bonchev–Trinajstić information content (AvgIpc) is 2.33. The lowest BCUT2D eigenvalue weighted by Crippen LogP contribution is -2.22. The second kappa shape index (κ2) is 3.89. The summed E-state index contributed by atoms with van der Waals surface area (Å²) in [5.41, 5.74) is 4.69. The van der Waals surface area contributed by atoms with E-state index in [1.54, 1.807) is 13.8 Å². The van der Waals surface area contributed by atoms with Crippen LogP contribution in [0, 0.1) is 0 Å². The van der Waals surface area contributed by atoms with E-state index >= 15 is 0 Å². The van der Waals surface area contributed by atoms with E-state index in [1.807, 2.05) is 0 Å². The van der Waals surface area contributed by atoms with Crippen molar-refractivity contribution in [2.45, 2.75) is 25.9 Å². The van der Waals surface area contributed by atoms with E-state index in [0.717, 1.165) is 0 Å². The number of hydrogen-bond donors (Lipinski definition) is 3. The molecule has 4 N–H and O–H groups in total. The number of hydrogen-bond acceptors (Lipinski definition) is 6. The zero-order valence-electron chi connectivity index (χ0n) is 7.74. The molecule has 0 amide bonds. The summed E-state index contributed by atoms with van der Waals surface area (Å²) in [6.45, 7) is 4.20. The van der Waals surface area contributed by atoms with Crippen molar-refractivity contribution in [3.05, 3.63) is 0 Å². The average molecular weight is 202 g/mol. The second-order valence-electron chi connectivity index (χ2n) is 3.45. The van der Waals surface area contributed by atoms with Gasteiger partial charge in [-0.25, -0.2) is 0 Å². The largest absolute Gasteiger partial charge is 0.390 e. The van der Waals surface area contributed by atoms with Crippen LogP contribution in [0.2, 0.25) is 0 Å². The smallest absolute Gasteiger partial charge is 0.233 e. The SMILES string of the molecule is CC(C)(O)CCNc1nc(N)ns1. The van der Waals surface area contributed by atoms with Gasteiger partial charge >= 0.3 is 0 Å². The Labute approximate surface area is 81.2 Å². The van der Waals surface area contributed by atoms with Crippen molar-refractivity contribution in [3.63, 3.8) is 0 Å². The van der Waals surface area contributed by atoms with Crippen molar-refractivity contribution < 1.29 is 5.11 Å². The highest BCUT2D eigenvalue weighted by Crippen LogP contribution is 2.13. The van der Waals surface area contributed by atoms with Gasteiger partial charge in [0.2, 0.25) is 11.1 Å². The Hall–Kier alpha value is -0.880. The van der Waals surface area contributed by atoms with Crippen molar-refractivity contribution in [2.24, 2.45) is 0 Å². The third-order valence-electron chi connectivity index (χ3n) is 1.45. The van der Waals surface area contributed by atoms with E-state index in [0.29, 0.717) is 18.1 Å². The highest BCUT2D eigenvalue weighted by atomic mass is 32.1. The normalized spacial score (nSPS) is 11.6. The molecule has 1 rings (SSSR count). The van der Waals surface area contributed by atoms with Gasteiger partial charge in [0.15, 0.2) is 0 Å². The van der Waals surface area contributed by atoms with Gasteiger partial charge < -0.3 is 16.2 Å². The number of nitrogens with two attached hydrogens (primary N) is 1. The van der Waals surface area contributed by atoms with Crippen LogP contribution in [0.1, 0.15) is 20.3 Å². The molecule has 1 heterocycles. The lowest BCUT2D eigenvalue weighted by atomic mass is 10.1. The van der Waals surface area contributed by atoms with Gasteiger partial charge in [0.05, 0.1) is 5.60 Å². The Kier molecular flexibility index (Phi) is 3.05. The molecule has 0 atom stereocenters. The van der Waals surface area contributed by atoms with Crippen LogP contribution in [0.15, 0.2) is 0 Å². The highest BCUT2D eigenvalue weighted by Gasteiger charge is 2.11. The fourth-order valence-electron chi connectivity index (χ4n) is 0.782. The van der Waals surface area contributed by atoms with Crippen LogP contribution in [0.4, 0.5) is 11.1 Å². The molecule has 0 saturated carbocycles. The van der Waals surface area contributed by atoms with Crippen molar-refractivity contribution in [3.8, 4) is 0 Å². The van der Waals surface area contributed by atoms with Crippen LogP contribution in [0.25, 0.3) is 0 Å². The van der Waals surface area contributed by atoms with Gasteiger partial charge in [-0.3, -0.25) is 0 Å². The monoisotopic (exact) mass is 202 g/mol. The number of anilines is 2. The Morgan fingerprint density at radius 2 is 2.31 bits per heavy atom. The summed E-state index contributed by atoms with van der Waals surface area (Å²) in [5, 5.41) is 13.1. The predicted octanol–water partition coefficient (Wildman–Crippen LogP) is 0.693. The number of nitrogens with one attached hydrogen (secondary N) is 1. The van der Waals surface area contributed by atoms with Crippen LogP contribution < -0.4 is 11.1 Å². The first-order valence-corrected chi connectivity index (χ1v) is 4.80. The van der Waals surface area contributed by atoms with E-state index in [4.69, 9.17) is 5.73 Å². The summed E-state index contributed by atoms with van der Waals surface area (Å²) in [7, 11) is 0. The van der Waals surface area contributed by atoms with Gasteiger partial charge in [-0.05, 0) is 20.3 Å². The van der Waals surface area contributed by atoms with Crippen LogP contribution >= 0.6 is 11.5 Å². The maximum atomic E-state index is 9.40. The molecule has 6 heteroatoms. The topological polar surface area (TPSA) is 84.1 Å². The summed E-state index contributed by atoms with van der Waals surface area (Å²) in [6, 6.07) is 0. The maximum absolute atomic E-state index is 9.40. The molecule has 0 aliphatic carbocycles. The number of rotatable bonds is 4. The van der Waals surface area contributed by atoms with Gasteiger partial charge in [-0.15, -0.1) is 0 Å². The first-order chi connectivity index (χ1) is 5.97. The van der Waals surface area contributed by atoms with Crippen LogP contribution in [0.3, 0.4) is 0 Å². The molecule has 0 aromatic carbocycles. The third-order valence-corrected chi connectivity index (χ3v) is 2.14. The third kappa shape index (κ3) is 4.05. The molecule has 13 heavy (non-hydrogen) atoms. The lowest BCUT2D eigenvalue weighted by molar-refractivity contribution is 0.0749. The molecule has 0 fully saturated rings. The lowest BCUT2D eigenvalue weighted by Gasteiger charge is -2.16. The summed E-state index contributed by atoms with van der Waals surface area (Å²) >= 11 is 1.22. The minimum Gasteiger partial charge on any atom is -0.390 e. The standard InChI is InChI=1S/C7H14N4OS/c1-7(2,12)3-4-9-6-10-5(8)11-13-6/h12H,3-4H2,1-2H3,(H3,8,9,10,11). The molecular formula is C7H14N4OS. The molecule has 0 aliphatic heterocycles. The number of nitrogen functional groups attached to an aromatic ring is 1. The van der Waals surface area contributed by atoms with Crippen molar-refractivity contribution in [1.29, 1.82) is 0 Å². The molecular weight excluding hydrogens is 188 g/mol. The Bertz CT molecular complexity index is 268. The zero-order valence-corrected chi connectivity index (χ0v) is 8.56. The molecule has 1 aromatic rings. The predicted molar refractivity (Wildman–Crippen MR) is 53.7 cm³/mol. The molecule has 0 spiro atoms. The fraction of sp³-hybridized carbons (Fsp3) is 0.714. The number of aliphatic hydroxyl groups is 1. The molecule has 5 nitrogen and oxygen atoms in total. The van der Waals surface area contributed by atoms with Gasteiger partial charge in [0.25, 0.3) is 0 Å². The fourth-order valence-corrected chi connectivity index (χ4v) is 1.30. The van der Waals surface area contributed by atoms with Crippen LogP contribution in [-0.2, 0) is 0 Å². The highest BCUT2D eigenvalue weighted by molar-refractivity contribution is 7.09. The summed E-state index contributed by atoms with van der Waals surface area (Å²) in [5.74, 6) is 0.288. The van der Waals surface area contributed by atoms with E-state index in [9.17, 15) is 5.11 Å². The molecule has 0 unspecified atom stereocenters. The maximum Gasteiger partial charge on any atom is 0.233 e. The summed E-state index contributed by atoms with van der Waals surface area (Å²) in [6.07, 6.45) is 0.659. The van der Waals surface area contributed by atoms with Crippen molar-refractivity contribution >= 4 is 22.6 Å². The van der Waals surface area contributed by atoms with E-state index in [2.05, 4.69) is 14.7 Å². The Morgan fingerprint density at radius 1 is 1.62 bits per heavy atom. The van der Waals surface area contributed by atoms with Gasteiger partial charge in [0, 0.05) is 18.1 Å². The second-order valence-corrected chi connectivity index (χ2v) is 4.20. The van der Waals surface area contributed by atoms with Crippen LogP contribution in [0.5, 0.6) is 0 Å². The molecule has 74 valence electrons. The molecule has 0 radical (unpaired) electrons. The quantitative estimate of drug-likeness (QED) is 0.669. The van der Waals surface area contributed by atoms with E-state index in [1.165, 1.54) is 11.5 Å². The first kappa shape index (κ1) is 10.2. The number of aromatic nitrogens is 2. The van der Waals surface area contributed by atoms with Gasteiger partial charge in [-0.1, -0.05) is 0 Å². The van der Waals surface area contributed by atoms with E-state index < -0.39 is 5.60 Å². The molecule has 1 aromatic heterocycles. The van der Waals surface area contributed by atoms with Gasteiger partial charge in [0.1, 0.15) is 0 Å².